The molecule has 0 aromatic carbocycles. The summed E-state index contributed by atoms with van der Waals surface area (Å²) < 4.78 is 16.4. The molecule has 0 fully saturated rings. The van der Waals surface area contributed by atoms with E-state index in [1.54, 1.807) is 12.2 Å². The number of nitrogen functional groups attached to an aromatic ring is 1. The molecule has 5 N–H and O–H groups in total. The monoisotopic (exact) mass is 317 g/mol. The van der Waals surface area contributed by atoms with E-state index in [0.29, 0.717) is 0 Å². The van der Waals surface area contributed by atoms with Crippen LogP contribution >= 0.6 is 7.82 Å². The van der Waals surface area contributed by atoms with Gasteiger partial charge in [0.05, 0.1) is 18.8 Å². The van der Waals surface area contributed by atoms with E-state index >= 15 is 0 Å². The second kappa shape index (κ2) is 6.08. The van der Waals surface area contributed by atoms with Gasteiger partial charge in [0, 0.05) is 12.1 Å². The summed E-state index contributed by atoms with van der Waals surface area (Å²) in [6.07, 6.45) is 4.03. The Bertz CT molecular complexity index is 639. The number of anilines is 1. The van der Waals surface area contributed by atoms with Gasteiger partial charge in [-0.05, 0) is 12.5 Å². The zero-order chi connectivity index (χ0) is 15.6. The van der Waals surface area contributed by atoms with E-state index in [1.165, 1.54) is 16.8 Å². The zero-order valence-corrected chi connectivity index (χ0v) is 11.8. The summed E-state index contributed by atoms with van der Waals surface area (Å²) in [5.74, 6) is -0.434. The molecule has 2 rings (SSSR count). The molecule has 1 aromatic heterocycles. The lowest BCUT2D eigenvalue weighted by molar-refractivity contribution is 0.0659. The summed E-state index contributed by atoms with van der Waals surface area (Å²) in [5.41, 5.74) is 4.88. The highest BCUT2D eigenvalue weighted by atomic mass is 31.2. The molecular weight excluding hydrogens is 301 g/mol. The van der Waals surface area contributed by atoms with Gasteiger partial charge in [0.25, 0.3) is 0 Å². The van der Waals surface area contributed by atoms with Crippen molar-refractivity contribution in [2.75, 3.05) is 12.3 Å². The molecule has 3 atom stereocenters. The first-order valence-electron chi connectivity index (χ1n) is 6.17. The van der Waals surface area contributed by atoms with E-state index in [0.717, 1.165) is 0 Å². The third kappa shape index (κ3) is 4.23. The topological polar surface area (TPSA) is 148 Å². The number of aromatic nitrogens is 2. The second-order valence-electron chi connectivity index (χ2n) is 4.75. The summed E-state index contributed by atoms with van der Waals surface area (Å²) >= 11 is 0. The maximum absolute atomic E-state index is 11.7. The van der Waals surface area contributed by atoms with Crippen LogP contribution in [0.5, 0.6) is 0 Å². The average molecular weight is 317 g/mol. The molecule has 0 unspecified atom stereocenters. The maximum atomic E-state index is 11.7. The zero-order valence-electron chi connectivity index (χ0n) is 10.9. The van der Waals surface area contributed by atoms with Gasteiger partial charge in [0.15, 0.2) is 0 Å². The predicted molar refractivity (Wildman–Crippen MR) is 73.2 cm³/mol. The van der Waals surface area contributed by atoms with Crippen molar-refractivity contribution in [3.8, 4) is 0 Å². The van der Waals surface area contributed by atoms with Gasteiger partial charge < -0.3 is 20.6 Å². The Kier molecular flexibility index (Phi) is 4.60. The van der Waals surface area contributed by atoms with Crippen LogP contribution in [0.1, 0.15) is 12.5 Å². The number of allylic oxidation sites excluding steroid dienone is 1. The fourth-order valence-electron chi connectivity index (χ4n) is 2.13. The molecule has 9 nitrogen and oxygen atoms in total. The van der Waals surface area contributed by atoms with E-state index < -0.39 is 31.6 Å². The standard InChI is InChI=1S/C11H16N3O6P/c12-10-3-4-14(11(16)13-10)8-2-1-7(9(15)5-8)6-20-21(17,18)19/h1-4,7-9,15H,5-6H2,(H2,12,13,16)(H2,17,18,19)/t7-,8-,9+/m0/s1. The smallest absolute Gasteiger partial charge is 0.392 e. The summed E-state index contributed by atoms with van der Waals surface area (Å²) in [5, 5.41) is 10.00. The minimum absolute atomic E-state index is 0.115. The third-order valence-corrected chi connectivity index (χ3v) is 3.69. The molecule has 21 heavy (non-hydrogen) atoms. The molecule has 0 saturated heterocycles. The lowest BCUT2D eigenvalue weighted by atomic mass is 9.90. The number of nitrogens with two attached hydrogens (primary N) is 1. The third-order valence-electron chi connectivity index (χ3n) is 3.20. The number of phosphoric ester groups is 1. The molecular formula is C11H16N3O6P. The molecule has 1 aliphatic rings. The molecule has 0 aliphatic heterocycles. The van der Waals surface area contributed by atoms with Crippen LogP contribution in [-0.4, -0.2) is 37.2 Å². The Morgan fingerprint density at radius 1 is 1.48 bits per heavy atom. The quantitative estimate of drug-likeness (QED) is 0.425. The molecule has 1 aliphatic carbocycles. The van der Waals surface area contributed by atoms with Crippen molar-refractivity contribution in [1.29, 1.82) is 0 Å². The molecule has 10 heteroatoms. The number of nitrogens with zero attached hydrogens (tertiary/aromatic N) is 2. The Labute approximate surface area is 119 Å². The molecule has 0 amide bonds. The fraction of sp³-hybridized carbons (Fsp3) is 0.455. The first-order valence-corrected chi connectivity index (χ1v) is 7.70. The van der Waals surface area contributed by atoms with Crippen LogP contribution in [-0.2, 0) is 9.09 Å². The number of aliphatic hydroxyl groups excluding tert-OH is 1. The second-order valence-corrected chi connectivity index (χ2v) is 5.99. The van der Waals surface area contributed by atoms with Crippen molar-refractivity contribution in [3.05, 3.63) is 34.9 Å². The van der Waals surface area contributed by atoms with Crippen LogP contribution in [0.15, 0.2) is 29.2 Å². The van der Waals surface area contributed by atoms with Gasteiger partial charge in [-0.1, -0.05) is 12.2 Å². The molecule has 0 bridgehead atoms. The predicted octanol–water partition coefficient (Wildman–Crippen LogP) is -0.587. The Balaban J connectivity index is 2.10. The summed E-state index contributed by atoms with van der Waals surface area (Å²) in [6.45, 7) is -0.302. The Morgan fingerprint density at radius 3 is 2.76 bits per heavy atom. The Morgan fingerprint density at radius 2 is 2.19 bits per heavy atom. The summed E-state index contributed by atoms with van der Waals surface area (Å²) in [7, 11) is -4.57. The summed E-state index contributed by atoms with van der Waals surface area (Å²) in [4.78, 5) is 32.6. The highest BCUT2D eigenvalue weighted by Crippen LogP contribution is 2.37. The van der Waals surface area contributed by atoms with Gasteiger partial charge in [-0.3, -0.25) is 9.09 Å². The van der Waals surface area contributed by atoms with Gasteiger partial charge in [-0.15, -0.1) is 0 Å². The van der Waals surface area contributed by atoms with Gasteiger partial charge in [-0.25, -0.2) is 9.36 Å². The summed E-state index contributed by atoms with van der Waals surface area (Å²) in [6, 6.07) is 1.08. The van der Waals surface area contributed by atoms with Crippen LogP contribution in [0.4, 0.5) is 5.82 Å². The molecule has 0 spiro atoms. The van der Waals surface area contributed by atoms with Gasteiger partial charge in [0.1, 0.15) is 5.82 Å². The minimum atomic E-state index is -4.57. The first-order chi connectivity index (χ1) is 9.76. The lowest BCUT2D eigenvalue weighted by Crippen LogP contribution is -2.34. The molecule has 0 radical (unpaired) electrons. The van der Waals surface area contributed by atoms with E-state index in [-0.39, 0.29) is 18.8 Å². The SMILES string of the molecule is Nc1ccn([C@H]2C=C[C@@H](COP(=O)(O)O)[C@H](O)C2)c(=O)n1. The lowest BCUT2D eigenvalue weighted by Gasteiger charge is -2.28. The van der Waals surface area contributed by atoms with E-state index in [9.17, 15) is 14.5 Å². The van der Waals surface area contributed by atoms with Crippen LogP contribution in [0.3, 0.4) is 0 Å². The van der Waals surface area contributed by atoms with Crippen molar-refractivity contribution < 1.29 is 24.0 Å². The molecule has 116 valence electrons. The van der Waals surface area contributed by atoms with Crippen molar-refractivity contribution in [2.45, 2.75) is 18.6 Å². The van der Waals surface area contributed by atoms with E-state index in [1.807, 2.05) is 0 Å². The van der Waals surface area contributed by atoms with Crippen molar-refractivity contribution in [1.82, 2.24) is 9.55 Å². The van der Waals surface area contributed by atoms with Crippen molar-refractivity contribution >= 4 is 13.6 Å². The highest BCUT2D eigenvalue weighted by molar-refractivity contribution is 7.46. The number of phosphoric acid groups is 1. The number of rotatable bonds is 4. The van der Waals surface area contributed by atoms with Crippen molar-refractivity contribution in [2.24, 2.45) is 5.92 Å². The maximum Gasteiger partial charge on any atom is 0.469 e. The highest BCUT2D eigenvalue weighted by Gasteiger charge is 2.28. The minimum Gasteiger partial charge on any atom is -0.392 e. The van der Waals surface area contributed by atoms with Gasteiger partial charge in [-0.2, -0.15) is 4.98 Å². The fourth-order valence-corrected chi connectivity index (χ4v) is 2.50. The molecule has 1 aromatic rings. The van der Waals surface area contributed by atoms with E-state index in [2.05, 4.69) is 9.51 Å². The van der Waals surface area contributed by atoms with Crippen LogP contribution in [0.2, 0.25) is 0 Å². The first kappa shape index (κ1) is 15.9. The van der Waals surface area contributed by atoms with Crippen LogP contribution in [0, 0.1) is 5.92 Å². The van der Waals surface area contributed by atoms with Crippen LogP contribution in [0.25, 0.3) is 0 Å². The number of hydrogen-bond donors (Lipinski definition) is 4. The normalized spacial score (nSPS) is 26.0. The average Bonchev–Trinajstić information content (AvgIpc) is 2.36. The van der Waals surface area contributed by atoms with E-state index in [4.69, 9.17) is 15.5 Å². The largest absolute Gasteiger partial charge is 0.469 e. The van der Waals surface area contributed by atoms with Gasteiger partial charge in [0.2, 0.25) is 0 Å². The number of aliphatic hydroxyl groups is 1. The number of hydrogen-bond acceptors (Lipinski definition) is 6. The van der Waals surface area contributed by atoms with Gasteiger partial charge >= 0.3 is 13.5 Å². The Hall–Kier alpha value is -1.51. The van der Waals surface area contributed by atoms with Crippen LogP contribution < -0.4 is 11.4 Å². The van der Waals surface area contributed by atoms with Crippen molar-refractivity contribution in [3.63, 3.8) is 0 Å². The molecule has 1 heterocycles. The molecule has 0 saturated carbocycles.